The Morgan fingerprint density at radius 1 is 1.50 bits per heavy atom. The average molecular weight is 166 g/mol. The standard InChI is InChI=1S/C5H14N2O2S/c1-5(2,7-3)4-10(6,8)9/h7H,4H2,1-3H3,(H2,6,8,9). The smallest absolute Gasteiger partial charge is 0.210 e. The van der Waals surface area contributed by atoms with Crippen molar-refractivity contribution in [1.82, 2.24) is 5.32 Å². The summed E-state index contributed by atoms with van der Waals surface area (Å²) >= 11 is 0. The van der Waals surface area contributed by atoms with E-state index in [9.17, 15) is 8.42 Å². The minimum atomic E-state index is -3.36. The molecule has 4 nitrogen and oxygen atoms in total. The third-order valence-electron chi connectivity index (χ3n) is 1.24. The molecule has 0 bridgehead atoms. The van der Waals surface area contributed by atoms with Gasteiger partial charge in [-0.3, -0.25) is 0 Å². The average Bonchev–Trinajstić information content (AvgIpc) is 1.60. The van der Waals surface area contributed by atoms with Crippen LogP contribution < -0.4 is 10.5 Å². The molecule has 0 aromatic carbocycles. The minimum Gasteiger partial charge on any atom is -0.314 e. The molecule has 0 amide bonds. The van der Waals surface area contributed by atoms with Gasteiger partial charge in [-0.1, -0.05) is 0 Å². The van der Waals surface area contributed by atoms with E-state index in [0.29, 0.717) is 0 Å². The molecule has 0 aromatic rings. The molecule has 0 aliphatic carbocycles. The molecule has 0 saturated heterocycles. The summed E-state index contributed by atoms with van der Waals surface area (Å²) in [6.07, 6.45) is 0. The molecule has 0 atom stereocenters. The first-order chi connectivity index (χ1) is 4.27. The molecule has 0 unspecified atom stereocenters. The van der Waals surface area contributed by atoms with Crippen molar-refractivity contribution >= 4 is 10.0 Å². The largest absolute Gasteiger partial charge is 0.314 e. The van der Waals surface area contributed by atoms with Gasteiger partial charge in [0.25, 0.3) is 0 Å². The van der Waals surface area contributed by atoms with Crippen molar-refractivity contribution in [2.75, 3.05) is 12.8 Å². The second-order valence-corrected chi connectivity index (χ2v) is 4.56. The number of sulfonamides is 1. The Labute approximate surface area is 61.8 Å². The first-order valence-corrected chi connectivity index (χ1v) is 4.68. The fourth-order valence-electron chi connectivity index (χ4n) is 0.575. The zero-order valence-electron chi connectivity index (χ0n) is 6.51. The number of nitrogens with one attached hydrogen (secondary N) is 1. The lowest BCUT2D eigenvalue weighted by Crippen LogP contribution is -2.44. The predicted molar refractivity (Wildman–Crippen MR) is 41.1 cm³/mol. The second kappa shape index (κ2) is 2.86. The molecule has 0 rings (SSSR count). The van der Waals surface area contributed by atoms with Crippen molar-refractivity contribution < 1.29 is 8.42 Å². The van der Waals surface area contributed by atoms with Crippen molar-refractivity contribution in [3.63, 3.8) is 0 Å². The number of primary sulfonamides is 1. The van der Waals surface area contributed by atoms with Gasteiger partial charge in [0.05, 0.1) is 5.75 Å². The summed E-state index contributed by atoms with van der Waals surface area (Å²) in [4.78, 5) is 0. The van der Waals surface area contributed by atoms with Gasteiger partial charge in [0.2, 0.25) is 10.0 Å². The van der Waals surface area contributed by atoms with E-state index in [4.69, 9.17) is 5.14 Å². The molecule has 10 heavy (non-hydrogen) atoms. The molecule has 62 valence electrons. The van der Waals surface area contributed by atoms with Crippen LogP contribution in [0.5, 0.6) is 0 Å². The molecule has 0 spiro atoms. The van der Waals surface area contributed by atoms with Gasteiger partial charge in [-0.05, 0) is 20.9 Å². The van der Waals surface area contributed by atoms with E-state index >= 15 is 0 Å². The second-order valence-electron chi connectivity index (χ2n) is 2.94. The first-order valence-electron chi connectivity index (χ1n) is 2.96. The normalized spacial score (nSPS) is 13.6. The van der Waals surface area contributed by atoms with E-state index in [2.05, 4.69) is 5.32 Å². The first kappa shape index (κ1) is 9.87. The van der Waals surface area contributed by atoms with Gasteiger partial charge >= 0.3 is 0 Å². The third kappa shape index (κ3) is 4.72. The summed E-state index contributed by atoms with van der Waals surface area (Å²) in [7, 11) is -1.66. The van der Waals surface area contributed by atoms with Crippen LogP contribution >= 0.6 is 0 Å². The summed E-state index contributed by atoms with van der Waals surface area (Å²) in [5, 5.41) is 7.67. The Hall–Kier alpha value is -0.130. The zero-order chi connectivity index (χ0) is 8.41. The van der Waals surface area contributed by atoms with E-state index in [1.54, 1.807) is 20.9 Å². The molecule has 0 aromatic heterocycles. The van der Waals surface area contributed by atoms with Gasteiger partial charge in [0.1, 0.15) is 0 Å². The van der Waals surface area contributed by atoms with Gasteiger partial charge in [-0.25, -0.2) is 13.6 Å². The molecule has 0 radical (unpaired) electrons. The predicted octanol–water partition coefficient (Wildman–Crippen LogP) is -0.727. The van der Waals surface area contributed by atoms with Crippen molar-refractivity contribution in [1.29, 1.82) is 0 Å². The topological polar surface area (TPSA) is 72.2 Å². The summed E-state index contributed by atoms with van der Waals surface area (Å²) in [6, 6.07) is 0. The van der Waals surface area contributed by atoms with Crippen LogP contribution in [0, 0.1) is 0 Å². The van der Waals surface area contributed by atoms with Crippen LogP contribution in [0.1, 0.15) is 13.8 Å². The van der Waals surface area contributed by atoms with Crippen LogP contribution in [-0.2, 0) is 10.0 Å². The minimum absolute atomic E-state index is 0.0451. The Balaban J connectivity index is 4.16. The van der Waals surface area contributed by atoms with Crippen LogP contribution in [-0.4, -0.2) is 26.8 Å². The Bertz CT molecular complexity index is 196. The lowest BCUT2D eigenvalue weighted by Gasteiger charge is -2.21. The highest BCUT2D eigenvalue weighted by atomic mass is 32.2. The molecule has 0 aliphatic heterocycles. The van der Waals surface area contributed by atoms with E-state index in [1.807, 2.05) is 0 Å². The highest BCUT2D eigenvalue weighted by Gasteiger charge is 2.20. The van der Waals surface area contributed by atoms with E-state index in [1.165, 1.54) is 0 Å². The zero-order valence-corrected chi connectivity index (χ0v) is 7.33. The quantitative estimate of drug-likeness (QED) is 0.581. The summed E-state index contributed by atoms with van der Waals surface area (Å²) < 4.78 is 21.1. The lowest BCUT2D eigenvalue weighted by molar-refractivity contribution is 0.463. The van der Waals surface area contributed by atoms with Gasteiger partial charge in [-0.2, -0.15) is 0 Å². The fourth-order valence-corrected chi connectivity index (χ4v) is 1.73. The molecule has 0 fully saturated rings. The summed E-state index contributed by atoms with van der Waals surface area (Å²) in [5.74, 6) is -0.0451. The Morgan fingerprint density at radius 2 is 1.90 bits per heavy atom. The Morgan fingerprint density at radius 3 is 2.00 bits per heavy atom. The maximum absolute atomic E-state index is 10.5. The van der Waals surface area contributed by atoms with Crippen molar-refractivity contribution in [2.24, 2.45) is 5.14 Å². The molecule has 3 N–H and O–H groups in total. The van der Waals surface area contributed by atoms with Crippen molar-refractivity contribution in [2.45, 2.75) is 19.4 Å². The van der Waals surface area contributed by atoms with Crippen LogP contribution in [0.2, 0.25) is 0 Å². The van der Waals surface area contributed by atoms with Gasteiger partial charge < -0.3 is 5.32 Å². The van der Waals surface area contributed by atoms with Crippen molar-refractivity contribution in [3.8, 4) is 0 Å². The molecular weight excluding hydrogens is 152 g/mol. The number of nitrogens with two attached hydrogens (primary N) is 1. The van der Waals surface area contributed by atoms with E-state index < -0.39 is 15.6 Å². The number of hydrogen-bond acceptors (Lipinski definition) is 3. The lowest BCUT2D eigenvalue weighted by atomic mass is 10.1. The maximum atomic E-state index is 10.5. The fraction of sp³-hybridized carbons (Fsp3) is 1.00. The van der Waals surface area contributed by atoms with Crippen LogP contribution in [0.3, 0.4) is 0 Å². The summed E-state index contributed by atoms with van der Waals surface area (Å²) in [5.41, 5.74) is -0.437. The Kier molecular flexibility index (Phi) is 2.82. The van der Waals surface area contributed by atoms with Crippen LogP contribution in [0.25, 0.3) is 0 Å². The monoisotopic (exact) mass is 166 g/mol. The van der Waals surface area contributed by atoms with Gasteiger partial charge in [-0.15, -0.1) is 0 Å². The highest BCUT2D eigenvalue weighted by Crippen LogP contribution is 2.02. The molecule has 0 saturated carbocycles. The molecule has 0 aliphatic rings. The van der Waals surface area contributed by atoms with Gasteiger partial charge in [0.15, 0.2) is 0 Å². The van der Waals surface area contributed by atoms with Gasteiger partial charge in [0, 0.05) is 5.54 Å². The molecular formula is C5H14N2O2S. The van der Waals surface area contributed by atoms with E-state index in [-0.39, 0.29) is 5.75 Å². The van der Waals surface area contributed by atoms with Crippen LogP contribution in [0.4, 0.5) is 0 Å². The maximum Gasteiger partial charge on any atom is 0.210 e. The highest BCUT2D eigenvalue weighted by molar-refractivity contribution is 7.89. The summed E-state index contributed by atoms with van der Waals surface area (Å²) in [6.45, 7) is 3.55. The molecule has 5 heteroatoms. The van der Waals surface area contributed by atoms with E-state index in [0.717, 1.165) is 0 Å². The third-order valence-corrected chi connectivity index (χ3v) is 2.36. The number of rotatable bonds is 3. The SMILES string of the molecule is CNC(C)(C)CS(N)(=O)=O. The number of hydrogen-bond donors (Lipinski definition) is 2. The van der Waals surface area contributed by atoms with Crippen LogP contribution in [0.15, 0.2) is 0 Å². The van der Waals surface area contributed by atoms with Crippen molar-refractivity contribution in [3.05, 3.63) is 0 Å². The molecule has 0 heterocycles.